The summed E-state index contributed by atoms with van der Waals surface area (Å²) < 4.78 is 0. The molecule has 0 aromatic heterocycles. The molecule has 0 aliphatic heterocycles. The molecule has 48 heavy (non-hydrogen) atoms. The van der Waals surface area contributed by atoms with Crippen molar-refractivity contribution in [3.63, 3.8) is 0 Å². The van der Waals surface area contributed by atoms with Crippen LogP contribution >= 0.6 is 0 Å². The van der Waals surface area contributed by atoms with Gasteiger partial charge in [-0.3, -0.25) is 0 Å². The fourth-order valence-corrected chi connectivity index (χ4v) is 7.59. The second-order valence-electron chi connectivity index (χ2n) is 12.3. The molecule has 1 unspecified atom stereocenters. The van der Waals surface area contributed by atoms with E-state index in [1.54, 1.807) is 0 Å². The van der Waals surface area contributed by atoms with Gasteiger partial charge in [0, 0.05) is 22.2 Å². The van der Waals surface area contributed by atoms with Crippen molar-refractivity contribution in [2.24, 2.45) is 0 Å². The van der Waals surface area contributed by atoms with E-state index in [0.717, 1.165) is 28.2 Å². The van der Waals surface area contributed by atoms with Crippen LogP contribution in [0.2, 0.25) is 0 Å². The third kappa shape index (κ3) is 4.35. The van der Waals surface area contributed by atoms with Gasteiger partial charge in [0.05, 0.1) is 11.4 Å². The Balaban J connectivity index is 1.37. The molecule has 8 aromatic rings. The molecule has 0 heterocycles. The topological polar surface area (TPSA) is 3.24 Å². The molecule has 1 aliphatic carbocycles. The predicted molar refractivity (Wildman–Crippen MR) is 201 cm³/mol. The van der Waals surface area contributed by atoms with Gasteiger partial charge in [-0.15, -0.1) is 0 Å². The summed E-state index contributed by atoms with van der Waals surface area (Å²) in [5.41, 5.74) is 9.72. The maximum absolute atomic E-state index is 3.94. The van der Waals surface area contributed by atoms with Crippen LogP contribution in [0.15, 0.2) is 188 Å². The molecule has 224 valence electrons. The van der Waals surface area contributed by atoms with Gasteiger partial charge < -0.3 is 4.90 Å². The van der Waals surface area contributed by atoms with E-state index in [4.69, 9.17) is 0 Å². The van der Waals surface area contributed by atoms with Crippen molar-refractivity contribution >= 4 is 38.6 Å². The van der Waals surface area contributed by atoms with Crippen molar-refractivity contribution in [1.82, 2.24) is 0 Å². The average Bonchev–Trinajstić information content (AvgIpc) is 3.46. The molecule has 0 bridgehead atoms. The van der Waals surface area contributed by atoms with Crippen LogP contribution in [0.1, 0.15) is 22.3 Å². The van der Waals surface area contributed by atoms with Gasteiger partial charge in [-0.1, -0.05) is 170 Å². The van der Waals surface area contributed by atoms with Gasteiger partial charge >= 0.3 is 0 Å². The number of fused-ring (bicyclic) bond motifs is 5. The number of para-hydroxylation sites is 1. The molecule has 1 nitrogen and oxygen atoms in total. The van der Waals surface area contributed by atoms with E-state index < -0.39 is 5.41 Å². The highest BCUT2D eigenvalue weighted by Gasteiger charge is 2.45. The summed E-state index contributed by atoms with van der Waals surface area (Å²) in [6, 6.07) is 67.3. The van der Waals surface area contributed by atoms with E-state index in [0.29, 0.717) is 0 Å². The summed E-state index contributed by atoms with van der Waals surface area (Å²) >= 11 is 0. The van der Waals surface area contributed by atoms with E-state index in [9.17, 15) is 0 Å². The Labute approximate surface area is 281 Å². The molecule has 0 N–H and O–H groups in total. The molecular weight excluding hydrogens is 579 g/mol. The Hall–Kier alpha value is -6.36. The van der Waals surface area contributed by atoms with Crippen LogP contribution in [0, 0.1) is 11.8 Å². The fourth-order valence-electron chi connectivity index (χ4n) is 7.59. The largest absolute Gasteiger partial charge is 0.309 e. The minimum Gasteiger partial charge on any atom is -0.309 e. The van der Waals surface area contributed by atoms with Crippen LogP contribution in [-0.2, 0) is 5.41 Å². The van der Waals surface area contributed by atoms with Crippen molar-refractivity contribution in [3.05, 3.63) is 210 Å². The number of benzene rings is 8. The fraction of sp³-hybridized carbons (Fsp3) is 0.0213. The summed E-state index contributed by atoms with van der Waals surface area (Å²) in [5, 5.41) is 4.78. The average molecular weight is 610 g/mol. The maximum Gasteiger partial charge on any atom is 0.108 e. The molecule has 0 radical (unpaired) electrons. The van der Waals surface area contributed by atoms with Crippen molar-refractivity contribution in [2.75, 3.05) is 4.90 Å². The first-order chi connectivity index (χ1) is 23.8. The maximum atomic E-state index is 3.94. The number of hydrogen-bond donors (Lipinski definition) is 0. The summed E-state index contributed by atoms with van der Waals surface area (Å²) in [5.74, 6) is 7.66. The van der Waals surface area contributed by atoms with Crippen LogP contribution in [0.3, 0.4) is 0 Å². The van der Waals surface area contributed by atoms with E-state index in [-0.39, 0.29) is 0 Å². The molecule has 9 rings (SSSR count). The molecule has 0 saturated heterocycles. The molecular formula is C47H31N. The summed E-state index contributed by atoms with van der Waals surface area (Å²) in [4.78, 5) is 2.43. The zero-order valence-electron chi connectivity index (χ0n) is 26.3. The van der Waals surface area contributed by atoms with E-state index in [1.807, 2.05) is 0 Å². The third-order valence-corrected chi connectivity index (χ3v) is 9.69. The van der Waals surface area contributed by atoms with E-state index >= 15 is 0 Å². The molecule has 8 aromatic carbocycles. The molecule has 0 amide bonds. The second kappa shape index (κ2) is 11.5. The van der Waals surface area contributed by atoms with Gasteiger partial charge in [-0.25, -0.2) is 0 Å². The first-order valence-electron chi connectivity index (χ1n) is 16.5. The van der Waals surface area contributed by atoms with Gasteiger partial charge in [-0.2, -0.15) is 0 Å². The number of anilines is 3. The summed E-state index contributed by atoms with van der Waals surface area (Å²) in [6.07, 6.45) is 0. The van der Waals surface area contributed by atoms with Crippen molar-refractivity contribution in [1.29, 1.82) is 0 Å². The lowest BCUT2D eigenvalue weighted by Gasteiger charge is -2.30. The minimum absolute atomic E-state index is 0.679. The quantitative estimate of drug-likeness (QED) is 0.179. The molecule has 1 heteroatoms. The Morgan fingerprint density at radius 2 is 0.979 bits per heavy atom. The van der Waals surface area contributed by atoms with Gasteiger partial charge in [-0.05, 0) is 68.7 Å². The lowest BCUT2D eigenvalue weighted by atomic mass is 9.73. The van der Waals surface area contributed by atoms with Gasteiger partial charge in [0.15, 0.2) is 0 Å². The molecule has 1 aliphatic rings. The van der Waals surface area contributed by atoms with Crippen molar-refractivity contribution in [3.8, 4) is 23.0 Å². The molecule has 0 fully saturated rings. The normalized spacial score (nSPS) is 14.6. The van der Waals surface area contributed by atoms with Crippen LogP contribution in [0.5, 0.6) is 0 Å². The molecule has 1 atom stereocenters. The Kier molecular flexibility index (Phi) is 6.66. The Morgan fingerprint density at radius 1 is 0.417 bits per heavy atom. The zero-order valence-corrected chi connectivity index (χ0v) is 26.3. The highest BCUT2D eigenvalue weighted by atomic mass is 15.1. The van der Waals surface area contributed by atoms with Gasteiger partial charge in [0.2, 0.25) is 0 Å². The minimum atomic E-state index is -0.679. The zero-order chi connectivity index (χ0) is 31.9. The van der Waals surface area contributed by atoms with E-state index in [2.05, 4.69) is 205 Å². The third-order valence-electron chi connectivity index (χ3n) is 9.69. The molecule has 0 saturated carbocycles. The lowest BCUT2D eigenvalue weighted by Crippen LogP contribution is -2.25. The van der Waals surface area contributed by atoms with Gasteiger partial charge in [0.25, 0.3) is 0 Å². The monoisotopic (exact) mass is 609 g/mol. The highest BCUT2D eigenvalue weighted by molar-refractivity contribution is 6.03. The van der Waals surface area contributed by atoms with Gasteiger partial charge in [0.1, 0.15) is 5.41 Å². The van der Waals surface area contributed by atoms with Crippen LogP contribution in [0.25, 0.3) is 32.7 Å². The van der Waals surface area contributed by atoms with Crippen LogP contribution in [-0.4, -0.2) is 0 Å². The number of nitrogens with zero attached hydrogens (tertiary/aromatic N) is 1. The first kappa shape index (κ1) is 27.9. The number of hydrogen-bond acceptors (Lipinski definition) is 1. The van der Waals surface area contributed by atoms with Crippen LogP contribution < -0.4 is 4.90 Å². The standard InChI is InChI=1S/C47H31N/c1-3-21-37(22-4-1)47(33-32-36-19-13-18-34-16-7-9-25-39(34)36)42-28-12-11-27-41(42)46-43(47)29-15-31-45(46)48(38-23-5-2-6-24-38)44-30-14-20-35-17-8-10-26-40(35)44/h1-31H. The SMILES string of the molecule is C(#CC1(c2ccccc2)c2ccccc2-c2c(N(c3ccccc3)c3cccc4ccccc34)cccc21)c1cccc2ccccc12. The Morgan fingerprint density at radius 3 is 1.79 bits per heavy atom. The predicted octanol–water partition coefficient (Wildman–Crippen LogP) is 11.8. The van der Waals surface area contributed by atoms with E-state index in [1.165, 1.54) is 43.8 Å². The second-order valence-corrected chi connectivity index (χ2v) is 12.3. The van der Waals surface area contributed by atoms with Crippen LogP contribution in [0.4, 0.5) is 17.1 Å². The summed E-state index contributed by atoms with van der Waals surface area (Å²) in [7, 11) is 0. The lowest BCUT2D eigenvalue weighted by molar-refractivity contribution is 0.837. The van der Waals surface area contributed by atoms with Crippen molar-refractivity contribution in [2.45, 2.75) is 5.41 Å². The smallest absolute Gasteiger partial charge is 0.108 e. The van der Waals surface area contributed by atoms with Crippen molar-refractivity contribution < 1.29 is 0 Å². The Bertz CT molecular complexity index is 2510. The highest BCUT2D eigenvalue weighted by Crippen LogP contribution is 2.57. The molecule has 0 spiro atoms. The summed E-state index contributed by atoms with van der Waals surface area (Å²) in [6.45, 7) is 0. The first-order valence-corrected chi connectivity index (χ1v) is 16.5. The number of rotatable bonds is 4.